The number of likely N-dealkylation sites (tertiary alicyclic amines) is 1. The molecular formula is C31H45N3O2S. The Morgan fingerprint density at radius 2 is 1.81 bits per heavy atom. The number of thiocarbonyl (C=S) groups is 1. The number of hydrogen-bond acceptors (Lipinski definition) is 3. The van der Waals surface area contributed by atoms with Gasteiger partial charge >= 0.3 is 0 Å². The molecule has 1 unspecified atom stereocenters. The SMILES string of the molecule is CCCCCCNC(=S)N(C)c1cccc(-c2ccccc2)c1CC(OCC)C(=O)N1CCC(C)CC1. The molecule has 0 aliphatic carbocycles. The van der Waals surface area contributed by atoms with Gasteiger partial charge < -0.3 is 19.9 Å². The highest BCUT2D eigenvalue weighted by molar-refractivity contribution is 7.80. The van der Waals surface area contributed by atoms with Crippen LogP contribution in [-0.4, -0.2) is 55.3 Å². The third-order valence-electron chi connectivity index (χ3n) is 7.34. The molecule has 1 aliphatic heterocycles. The zero-order chi connectivity index (χ0) is 26.6. The number of carbonyl (C=O) groups excluding carboxylic acids is 1. The molecule has 0 aromatic heterocycles. The van der Waals surface area contributed by atoms with Gasteiger partial charge in [-0.25, -0.2) is 0 Å². The van der Waals surface area contributed by atoms with Crippen molar-refractivity contribution in [3.8, 4) is 11.1 Å². The summed E-state index contributed by atoms with van der Waals surface area (Å²) in [7, 11) is 2.01. The number of hydrogen-bond donors (Lipinski definition) is 1. The molecule has 3 rings (SSSR count). The van der Waals surface area contributed by atoms with Crippen molar-refractivity contribution in [2.24, 2.45) is 5.92 Å². The first-order valence-electron chi connectivity index (χ1n) is 14.0. The molecule has 5 nitrogen and oxygen atoms in total. The summed E-state index contributed by atoms with van der Waals surface area (Å²) < 4.78 is 6.12. The first-order chi connectivity index (χ1) is 18.0. The van der Waals surface area contributed by atoms with Gasteiger partial charge in [-0.3, -0.25) is 4.79 Å². The molecule has 2 aromatic rings. The molecule has 2 aromatic carbocycles. The Hall–Kier alpha value is -2.44. The van der Waals surface area contributed by atoms with Crippen LogP contribution >= 0.6 is 12.2 Å². The summed E-state index contributed by atoms with van der Waals surface area (Å²) in [5.74, 6) is 0.769. The van der Waals surface area contributed by atoms with Gasteiger partial charge in [-0.1, -0.05) is 75.6 Å². The predicted octanol–water partition coefficient (Wildman–Crippen LogP) is 6.45. The molecule has 1 heterocycles. The van der Waals surface area contributed by atoms with Gasteiger partial charge in [0.25, 0.3) is 5.91 Å². The minimum Gasteiger partial charge on any atom is -0.368 e. The lowest BCUT2D eigenvalue weighted by molar-refractivity contribution is -0.144. The Balaban J connectivity index is 1.89. The van der Waals surface area contributed by atoms with Crippen LogP contribution in [0.25, 0.3) is 11.1 Å². The number of carbonyl (C=O) groups is 1. The summed E-state index contributed by atoms with van der Waals surface area (Å²) in [5.41, 5.74) is 4.34. The predicted molar refractivity (Wildman–Crippen MR) is 159 cm³/mol. The van der Waals surface area contributed by atoms with Crippen molar-refractivity contribution >= 4 is 28.9 Å². The van der Waals surface area contributed by atoms with Crippen LogP contribution in [0.5, 0.6) is 0 Å². The topological polar surface area (TPSA) is 44.8 Å². The molecule has 0 radical (unpaired) electrons. The summed E-state index contributed by atoms with van der Waals surface area (Å²) in [6, 6.07) is 16.7. The maximum Gasteiger partial charge on any atom is 0.252 e. The molecule has 1 saturated heterocycles. The number of rotatable bonds is 12. The van der Waals surface area contributed by atoms with Gasteiger partial charge in [0.05, 0.1) is 0 Å². The van der Waals surface area contributed by atoms with E-state index >= 15 is 0 Å². The van der Waals surface area contributed by atoms with Crippen LogP contribution in [0.4, 0.5) is 5.69 Å². The van der Waals surface area contributed by atoms with Gasteiger partial charge in [-0.05, 0) is 67.1 Å². The zero-order valence-electron chi connectivity index (χ0n) is 23.2. The van der Waals surface area contributed by atoms with Crippen molar-refractivity contribution in [2.75, 3.05) is 38.2 Å². The number of benzene rings is 2. The van der Waals surface area contributed by atoms with E-state index in [-0.39, 0.29) is 5.91 Å². The molecule has 6 heteroatoms. The molecule has 1 atom stereocenters. The largest absolute Gasteiger partial charge is 0.368 e. The van der Waals surface area contributed by atoms with Crippen LogP contribution in [0.1, 0.15) is 64.9 Å². The molecule has 1 aliphatic rings. The summed E-state index contributed by atoms with van der Waals surface area (Å²) in [4.78, 5) is 17.7. The Bertz CT molecular complexity index is 989. The van der Waals surface area contributed by atoms with Gasteiger partial charge in [-0.15, -0.1) is 0 Å². The van der Waals surface area contributed by atoms with Gasteiger partial charge in [0.2, 0.25) is 0 Å². The number of amides is 1. The van der Waals surface area contributed by atoms with Crippen LogP contribution in [0.15, 0.2) is 48.5 Å². The summed E-state index contributed by atoms with van der Waals surface area (Å²) in [6.45, 7) is 9.43. The molecule has 202 valence electrons. The maximum atomic E-state index is 13.6. The van der Waals surface area contributed by atoms with Crippen molar-refractivity contribution in [3.63, 3.8) is 0 Å². The van der Waals surface area contributed by atoms with Crippen LogP contribution in [0, 0.1) is 5.92 Å². The van der Waals surface area contributed by atoms with Crippen molar-refractivity contribution in [1.29, 1.82) is 0 Å². The lowest BCUT2D eigenvalue weighted by Crippen LogP contribution is -2.45. The number of nitrogens with zero attached hydrogens (tertiary/aromatic N) is 2. The van der Waals surface area contributed by atoms with E-state index in [1.165, 1.54) is 19.3 Å². The van der Waals surface area contributed by atoms with E-state index < -0.39 is 6.10 Å². The van der Waals surface area contributed by atoms with E-state index in [0.29, 0.717) is 24.1 Å². The molecular weight excluding hydrogens is 478 g/mol. The highest BCUT2D eigenvalue weighted by atomic mass is 32.1. The number of piperidine rings is 1. The molecule has 0 spiro atoms. The number of nitrogens with one attached hydrogen (secondary N) is 1. The third kappa shape index (κ3) is 8.27. The van der Waals surface area contributed by atoms with Crippen LogP contribution in [-0.2, 0) is 16.0 Å². The number of ether oxygens (including phenoxy) is 1. The third-order valence-corrected chi connectivity index (χ3v) is 7.75. The van der Waals surface area contributed by atoms with Crippen LogP contribution in [0.3, 0.4) is 0 Å². The van der Waals surface area contributed by atoms with E-state index in [0.717, 1.165) is 61.3 Å². The van der Waals surface area contributed by atoms with Crippen molar-refractivity contribution in [1.82, 2.24) is 10.2 Å². The second kappa shape index (κ2) is 15.1. The fraction of sp³-hybridized carbons (Fsp3) is 0.548. The second-order valence-corrected chi connectivity index (χ2v) is 10.6. The number of unbranched alkanes of at least 4 members (excludes halogenated alkanes) is 3. The Labute approximate surface area is 229 Å². The fourth-order valence-electron chi connectivity index (χ4n) is 5.00. The highest BCUT2D eigenvalue weighted by Gasteiger charge is 2.30. The van der Waals surface area contributed by atoms with Crippen molar-refractivity contribution < 1.29 is 9.53 Å². The average molecular weight is 524 g/mol. The Morgan fingerprint density at radius 1 is 1.08 bits per heavy atom. The molecule has 37 heavy (non-hydrogen) atoms. The first-order valence-corrected chi connectivity index (χ1v) is 14.5. The second-order valence-electron chi connectivity index (χ2n) is 10.2. The lowest BCUT2D eigenvalue weighted by Gasteiger charge is -2.33. The van der Waals surface area contributed by atoms with E-state index in [9.17, 15) is 4.79 Å². The minimum atomic E-state index is -0.522. The minimum absolute atomic E-state index is 0.0989. The van der Waals surface area contributed by atoms with Gasteiger partial charge in [0.1, 0.15) is 6.10 Å². The summed E-state index contributed by atoms with van der Waals surface area (Å²) in [5, 5.41) is 4.14. The van der Waals surface area contributed by atoms with Gasteiger partial charge in [0, 0.05) is 45.4 Å². The van der Waals surface area contributed by atoms with Crippen molar-refractivity contribution in [2.45, 2.75) is 71.8 Å². The smallest absolute Gasteiger partial charge is 0.252 e. The lowest BCUT2D eigenvalue weighted by atomic mass is 9.92. The normalized spacial score (nSPS) is 14.9. The monoisotopic (exact) mass is 523 g/mol. The van der Waals surface area contributed by atoms with E-state index in [1.807, 2.05) is 29.8 Å². The Morgan fingerprint density at radius 3 is 2.49 bits per heavy atom. The van der Waals surface area contributed by atoms with Gasteiger partial charge in [-0.2, -0.15) is 0 Å². The first kappa shape index (κ1) is 29.1. The average Bonchev–Trinajstić information content (AvgIpc) is 2.92. The van der Waals surface area contributed by atoms with E-state index in [1.54, 1.807) is 0 Å². The highest BCUT2D eigenvalue weighted by Crippen LogP contribution is 2.33. The molecule has 1 N–H and O–H groups in total. The van der Waals surface area contributed by atoms with Crippen molar-refractivity contribution in [3.05, 3.63) is 54.1 Å². The van der Waals surface area contributed by atoms with Crippen LogP contribution < -0.4 is 10.2 Å². The number of anilines is 1. The molecule has 0 saturated carbocycles. The molecule has 1 amide bonds. The fourth-order valence-corrected chi connectivity index (χ4v) is 5.20. The Kier molecular flexibility index (Phi) is 11.9. The summed E-state index contributed by atoms with van der Waals surface area (Å²) in [6.07, 6.45) is 6.86. The van der Waals surface area contributed by atoms with E-state index in [4.69, 9.17) is 17.0 Å². The quantitative estimate of drug-likeness (QED) is 0.256. The molecule has 1 fully saturated rings. The van der Waals surface area contributed by atoms with Gasteiger partial charge in [0.15, 0.2) is 5.11 Å². The zero-order valence-corrected chi connectivity index (χ0v) is 24.0. The maximum absolute atomic E-state index is 13.6. The summed E-state index contributed by atoms with van der Waals surface area (Å²) >= 11 is 5.79. The van der Waals surface area contributed by atoms with Crippen LogP contribution in [0.2, 0.25) is 0 Å². The standard InChI is InChI=1S/C31H45N3O2S/c1-5-7-8-12-20-32-31(37)33(4)28-17-13-16-26(25-14-10-9-11-15-25)27(28)23-29(36-6-2)30(35)34-21-18-24(3)19-22-34/h9-11,13-17,24,29H,5-8,12,18-23H2,1-4H3,(H,32,37). The molecule has 0 bridgehead atoms. The van der Waals surface area contributed by atoms with E-state index in [2.05, 4.69) is 61.6 Å².